The standard InChI is InChI=1S/C17H18BrNO/c1-19-10-12-6-7-17(16(18)8-12)20-11-14-9-13-4-2-3-5-15(13)14/h2-8,14,19H,9-11H2,1H3. The zero-order chi connectivity index (χ0) is 13.9. The first kappa shape index (κ1) is 13.7. The quantitative estimate of drug-likeness (QED) is 0.897. The largest absolute Gasteiger partial charge is 0.492 e. The van der Waals surface area contributed by atoms with Gasteiger partial charge in [0.25, 0.3) is 0 Å². The molecule has 2 nitrogen and oxygen atoms in total. The Hall–Kier alpha value is -1.32. The fourth-order valence-electron chi connectivity index (χ4n) is 2.68. The van der Waals surface area contributed by atoms with Crippen LogP contribution in [-0.4, -0.2) is 13.7 Å². The number of rotatable bonds is 5. The highest BCUT2D eigenvalue weighted by molar-refractivity contribution is 9.10. The van der Waals surface area contributed by atoms with Crippen LogP contribution in [0.4, 0.5) is 0 Å². The molecule has 0 saturated carbocycles. The maximum absolute atomic E-state index is 5.96. The van der Waals surface area contributed by atoms with Crippen molar-refractivity contribution in [2.75, 3.05) is 13.7 Å². The van der Waals surface area contributed by atoms with Gasteiger partial charge in [0.1, 0.15) is 5.75 Å². The Morgan fingerprint density at radius 2 is 2.10 bits per heavy atom. The molecule has 0 fully saturated rings. The summed E-state index contributed by atoms with van der Waals surface area (Å²) in [5.41, 5.74) is 4.15. The number of hydrogen-bond donors (Lipinski definition) is 1. The molecule has 1 N–H and O–H groups in total. The number of nitrogens with one attached hydrogen (secondary N) is 1. The minimum atomic E-state index is 0.537. The monoisotopic (exact) mass is 331 g/mol. The molecule has 1 aliphatic rings. The number of ether oxygens (including phenoxy) is 1. The molecule has 1 atom stereocenters. The van der Waals surface area contributed by atoms with Crippen molar-refractivity contribution in [3.63, 3.8) is 0 Å². The first-order valence-corrected chi connectivity index (χ1v) is 7.71. The molecule has 0 heterocycles. The Morgan fingerprint density at radius 1 is 1.25 bits per heavy atom. The van der Waals surface area contributed by atoms with Crippen molar-refractivity contribution in [1.82, 2.24) is 5.32 Å². The van der Waals surface area contributed by atoms with E-state index in [-0.39, 0.29) is 0 Å². The van der Waals surface area contributed by atoms with Gasteiger partial charge >= 0.3 is 0 Å². The molecule has 2 aromatic rings. The van der Waals surface area contributed by atoms with Crippen LogP contribution in [0.25, 0.3) is 0 Å². The molecule has 20 heavy (non-hydrogen) atoms. The van der Waals surface area contributed by atoms with Crippen molar-refractivity contribution in [3.05, 3.63) is 63.6 Å². The fraction of sp³-hybridized carbons (Fsp3) is 0.294. The summed E-state index contributed by atoms with van der Waals surface area (Å²) in [4.78, 5) is 0. The molecule has 104 valence electrons. The van der Waals surface area contributed by atoms with Crippen LogP contribution < -0.4 is 10.1 Å². The number of fused-ring (bicyclic) bond motifs is 1. The van der Waals surface area contributed by atoms with Crippen LogP contribution in [0.1, 0.15) is 22.6 Å². The van der Waals surface area contributed by atoms with Crippen molar-refractivity contribution in [2.24, 2.45) is 0 Å². The molecule has 0 radical (unpaired) electrons. The van der Waals surface area contributed by atoms with Crippen LogP contribution in [0, 0.1) is 0 Å². The van der Waals surface area contributed by atoms with E-state index >= 15 is 0 Å². The van der Waals surface area contributed by atoms with Crippen LogP contribution in [-0.2, 0) is 13.0 Å². The number of hydrogen-bond acceptors (Lipinski definition) is 2. The van der Waals surface area contributed by atoms with Crippen LogP contribution in [0.15, 0.2) is 46.9 Å². The summed E-state index contributed by atoms with van der Waals surface area (Å²) >= 11 is 3.59. The predicted octanol–water partition coefficient (Wildman–Crippen LogP) is 3.89. The van der Waals surface area contributed by atoms with Gasteiger partial charge in [-0.15, -0.1) is 0 Å². The van der Waals surface area contributed by atoms with Crippen molar-refractivity contribution >= 4 is 15.9 Å². The molecular formula is C17H18BrNO. The number of halogens is 1. The summed E-state index contributed by atoms with van der Waals surface area (Å²) in [6, 6.07) is 14.9. The van der Waals surface area contributed by atoms with Gasteiger partial charge in [-0.25, -0.2) is 0 Å². The molecule has 0 aromatic heterocycles. The summed E-state index contributed by atoms with van der Waals surface area (Å²) in [6.07, 6.45) is 1.13. The lowest BCUT2D eigenvalue weighted by atomic mass is 9.78. The van der Waals surface area contributed by atoms with Gasteiger partial charge in [-0.1, -0.05) is 30.3 Å². The SMILES string of the molecule is CNCc1ccc(OCC2Cc3ccccc32)c(Br)c1. The average Bonchev–Trinajstić information content (AvgIpc) is 2.42. The summed E-state index contributed by atoms with van der Waals surface area (Å²) in [5, 5.41) is 3.15. The van der Waals surface area contributed by atoms with Gasteiger partial charge in [0.15, 0.2) is 0 Å². The van der Waals surface area contributed by atoms with Crippen molar-refractivity contribution < 1.29 is 4.74 Å². The molecule has 1 unspecified atom stereocenters. The molecule has 0 bridgehead atoms. The third-order valence-electron chi connectivity index (χ3n) is 3.78. The lowest BCUT2D eigenvalue weighted by molar-refractivity contribution is 0.273. The van der Waals surface area contributed by atoms with E-state index in [0.29, 0.717) is 5.92 Å². The van der Waals surface area contributed by atoms with E-state index in [1.54, 1.807) is 0 Å². The first-order valence-electron chi connectivity index (χ1n) is 6.91. The van der Waals surface area contributed by atoms with Crippen LogP contribution >= 0.6 is 15.9 Å². The Bertz CT molecular complexity index is 612. The van der Waals surface area contributed by atoms with Crippen LogP contribution in [0.5, 0.6) is 5.75 Å². The van der Waals surface area contributed by atoms with E-state index in [1.807, 2.05) is 13.1 Å². The Kier molecular flexibility index (Phi) is 4.08. The lowest BCUT2D eigenvalue weighted by Gasteiger charge is -2.30. The zero-order valence-electron chi connectivity index (χ0n) is 11.5. The molecule has 2 aromatic carbocycles. The fourth-order valence-corrected chi connectivity index (χ4v) is 3.22. The zero-order valence-corrected chi connectivity index (χ0v) is 13.1. The van der Waals surface area contributed by atoms with Gasteiger partial charge < -0.3 is 10.1 Å². The molecule has 1 aliphatic carbocycles. The third-order valence-corrected chi connectivity index (χ3v) is 4.40. The molecule has 0 aliphatic heterocycles. The van der Waals surface area contributed by atoms with Gasteiger partial charge in [0.05, 0.1) is 11.1 Å². The van der Waals surface area contributed by atoms with E-state index in [4.69, 9.17) is 4.74 Å². The van der Waals surface area contributed by atoms with E-state index in [0.717, 1.165) is 29.8 Å². The smallest absolute Gasteiger partial charge is 0.133 e. The highest BCUT2D eigenvalue weighted by Crippen LogP contribution is 2.36. The van der Waals surface area contributed by atoms with E-state index < -0.39 is 0 Å². The van der Waals surface area contributed by atoms with E-state index in [9.17, 15) is 0 Å². The topological polar surface area (TPSA) is 21.3 Å². The molecule has 0 spiro atoms. The molecule has 0 saturated heterocycles. The minimum Gasteiger partial charge on any atom is -0.492 e. The summed E-state index contributed by atoms with van der Waals surface area (Å²) < 4.78 is 6.99. The van der Waals surface area contributed by atoms with Crippen molar-refractivity contribution in [2.45, 2.75) is 18.9 Å². The summed E-state index contributed by atoms with van der Waals surface area (Å²) in [5.74, 6) is 1.46. The van der Waals surface area contributed by atoms with Gasteiger partial charge in [-0.05, 0) is 58.2 Å². The average molecular weight is 332 g/mol. The highest BCUT2D eigenvalue weighted by atomic mass is 79.9. The van der Waals surface area contributed by atoms with Gasteiger partial charge in [0, 0.05) is 12.5 Å². The van der Waals surface area contributed by atoms with E-state index in [2.05, 4.69) is 57.6 Å². The van der Waals surface area contributed by atoms with Gasteiger partial charge in [0.2, 0.25) is 0 Å². The highest BCUT2D eigenvalue weighted by Gasteiger charge is 2.25. The predicted molar refractivity (Wildman–Crippen MR) is 85.3 cm³/mol. The Balaban J connectivity index is 1.62. The van der Waals surface area contributed by atoms with E-state index in [1.165, 1.54) is 16.7 Å². The normalized spacial score (nSPS) is 16.4. The maximum Gasteiger partial charge on any atom is 0.133 e. The van der Waals surface area contributed by atoms with Gasteiger partial charge in [-0.3, -0.25) is 0 Å². The first-order chi connectivity index (χ1) is 9.78. The molecule has 0 amide bonds. The maximum atomic E-state index is 5.96. The lowest BCUT2D eigenvalue weighted by Crippen LogP contribution is -2.23. The second-order valence-electron chi connectivity index (χ2n) is 5.21. The van der Waals surface area contributed by atoms with Crippen molar-refractivity contribution in [1.29, 1.82) is 0 Å². The summed E-state index contributed by atoms with van der Waals surface area (Å²) in [7, 11) is 1.95. The molecule has 3 rings (SSSR count). The second kappa shape index (κ2) is 5.98. The Morgan fingerprint density at radius 3 is 2.85 bits per heavy atom. The van der Waals surface area contributed by atoms with Crippen LogP contribution in [0.3, 0.4) is 0 Å². The molecule has 3 heteroatoms. The Labute approximate surface area is 128 Å². The minimum absolute atomic E-state index is 0.537. The summed E-state index contributed by atoms with van der Waals surface area (Å²) in [6.45, 7) is 1.62. The van der Waals surface area contributed by atoms with Crippen molar-refractivity contribution in [3.8, 4) is 5.75 Å². The van der Waals surface area contributed by atoms with Crippen LogP contribution in [0.2, 0.25) is 0 Å². The van der Waals surface area contributed by atoms with Gasteiger partial charge in [-0.2, -0.15) is 0 Å². The molecular weight excluding hydrogens is 314 g/mol. The third kappa shape index (κ3) is 2.74. The number of benzene rings is 2. The second-order valence-corrected chi connectivity index (χ2v) is 6.06.